The first-order chi connectivity index (χ1) is 15.5. The molecule has 1 saturated heterocycles. The van der Waals surface area contributed by atoms with Gasteiger partial charge in [0.2, 0.25) is 17.5 Å². The predicted molar refractivity (Wildman–Crippen MR) is 116 cm³/mol. The number of nitrogens with zero attached hydrogens (tertiary/aromatic N) is 6. The Hall–Kier alpha value is -4.13. The van der Waals surface area contributed by atoms with Gasteiger partial charge >= 0.3 is 0 Å². The molecule has 0 spiro atoms. The molecule has 0 unspecified atom stereocenters. The molecule has 1 amide bonds. The van der Waals surface area contributed by atoms with Gasteiger partial charge in [0.1, 0.15) is 6.07 Å². The number of amides is 1. The number of nitrogens with one attached hydrogen (secondary N) is 1. The number of furan rings is 1. The molecule has 0 atom stereocenters. The maximum absolute atomic E-state index is 12.8. The van der Waals surface area contributed by atoms with E-state index < -0.39 is 0 Å². The minimum absolute atomic E-state index is 0.0401. The molecule has 0 aromatic carbocycles. The maximum atomic E-state index is 12.8. The molecule has 10 heteroatoms. The number of aromatic nitrogens is 4. The van der Waals surface area contributed by atoms with Crippen molar-refractivity contribution in [2.45, 2.75) is 19.8 Å². The van der Waals surface area contributed by atoms with Crippen LogP contribution in [-0.2, 0) is 11.8 Å². The lowest BCUT2D eigenvalue weighted by molar-refractivity contribution is -0.120. The van der Waals surface area contributed by atoms with E-state index in [9.17, 15) is 10.1 Å². The number of hydrogen-bond donors (Lipinski definition) is 1. The van der Waals surface area contributed by atoms with E-state index in [0.29, 0.717) is 43.3 Å². The lowest BCUT2D eigenvalue weighted by Crippen LogP contribution is -2.38. The van der Waals surface area contributed by atoms with Crippen LogP contribution < -0.4 is 10.2 Å². The first-order valence-electron chi connectivity index (χ1n) is 10.3. The van der Waals surface area contributed by atoms with Crippen LogP contribution in [-0.4, -0.2) is 38.7 Å². The molecule has 10 nitrogen and oxygen atoms in total. The summed E-state index contributed by atoms with van der Waals surface area (Å²) in [6.07, 6.45) is 4.45. The zero-order chi connectivity index (χ0) is 22.2. The van der Waals surface area contributed by atoms with Crippen molar-refractivity contribution in [3.63, 3.8) is 0 Å². The zero-order valence-electron chi connectivity index (χ0n) is 17.7. The van der Waals surface area contributed by atoms with E-state index in [4.69, 9.17) is 8.83 Å². The quantitative estimate of drug-likeness (QED) is 0.522. The predicted octanol–water partition coefficient (Wildman–Crippen LogP) is 3.25. The Morgan fingerprint density at radius 3 is 2.88 bits per heavy atom. The Labute approximate surface area is 183 Å². The molecule has 1 aliphatic rings. The van der Waals surface area contributed by atoms with Gasteiger partial charge in [-0.05, 0) is 38.0 Å². The molecule has 1 N–H and O–H groups in total. The molecule has 162 valence electrons. The molecule has 4 aromatic rings. The van der Waals surface area contributed by atoms with Crippen molar-refractivity contribution in [2.24, 2.45) is 13.0 Å². The highest BCUT2D eigenvalue weighted by Crippen LogP contribution is 2.31. The number of pyridine rings is 1. The summed E-state index contributed by atoms with van der Waals surface area (Å²) in [6.45, 7) is 3.08. The number of oxazole rings is 1. The lowest BCUT2D eigenvalue weighted by Gasteiger charge is -2.30. The third-order valence-corrected chi connectivity index (χ3v) is 5.73. The Kier molecular flexibility index (Phi) is 4.86. The molecule has 0 bridgehead atoms. The van der Waals surface area contributed by atoms with Crippen LogP contribution >= 0.6 is 0 Å². The van der Waals surface area contributed by atoms with Crippen molar-refractivity contribution < 1.29 is 13.6 Å². The van der Waals surface area contributed by atoms with Crippen molar-refractivity contribution in [3.8, 4) is 17.7 Å². The van der Waals surface area contributed by atoms with E-state index >= 15 is 0 Å². The van der Waals surface area contributed by atoms with E-state index in [1.807, 2.05) is 24.9 Å². The Balaban J connectivity index is 1.25. The third kappa shape index (κ3) is 3.47. The van der Waals surface area contributed by atoms with E-state index in [1.54, 1.807) is 23.0 Å². The Morgan fingerprint density at radius 1 is 1.34 bits per heavy atom. The average molecular weight is 431 g/mol. The van der Waals surface area contributed by atoms with Crippen molar-refractivity contribution in [3.05, 3.63) is 42.0 Å². The van der Waals surface area contributed by atoms with Crippen LogP contribution in [0, 0.1) is 24.2 Å². The number of rotatable bonds is 4. The fourth-order valence-electron chi connectivity index (χ4n) is 4.07. The van der Waals surface area contributed by atoms with Gasteiger partial charge in [-0.15, -0.1) is 0 Å². The van der Waals surface area contributed by atoms with Crippen molar-refractivity contribution in [1.82, 2.24) is 19.7 Å². The fraction of sp³-hybridized carbons (Fsp3) is 0.318. The minimum Gasteiger partial charge on any atom is -0.459 e. The molecule has 32 heavy (non-hydrogen) atoms. The van der Waals surface area contributed by atoms with Crippen molar-refractivity contribution in [1.29, 1.82) is 5.26 Å². The summed E-state index contributed by atoms with van der Waals surface area (Å²) in [6, 6.07) is 7.45. The summed E-state index contributed by atoms with van der Waals surface area (Å²) in [5.41, 5.74) is 2.52. The van der Waals surface area contributed by atoms with Gasteiger partial charge in [-0.1, -0.05) is 0 Å². The summed E-state index contributed by atoms with van der Waals surface area (Å²) < 4.78 is 12.9. The summed E-state index contributed by atoms with van der Waals surface area (Å²) in [4.78, 5) is 23.4. The highest BCUT2D eigenvalue weighted by molar-refractivity contribution is 5.94. The standard InChI is InChI=1S/C22H21N7O3/c1-13-16-10-15(12-24-19(16)28(2)27-13)25-20(30)14-5-7-29(8-6-14)22-17(11-23)26-21(32-22)18-4-3-9-31-18/h3-4,9-10,12,14H,5-8H2,1-2H3,(H,25,30). The second-order valence-electron chi connectivity index (χ2n) is 7.82. The van der Waals surface area contributed by atoms with Crippen LogP contribution in [0.25, 0.3) is 22.7 Å². The lowest BCUT2D eigenvalue weighted by atomic mass is 9.96. The number of hydrogen-bond acceptors (Lipinski definition) is 8. The highest BCUT2D eigenvalue weighted by Gasteiger charge is 2.29. The highest BCUT2D eigenvalue weighted by atomic mass is 16.4. The van der Waals surface area contributed by atoms with Gasteiger partial charge in [0.15, 0.2) is 11.4 Å². The molecule has 1 fully saturated rings. The van der Waals surface area contributed by atoms with Gasteiger partial charge in [-0.2, -0.15) is 15.3 Å². The topological polar surface area (TPSA) is 126 Å². The van der Waals surface area contributed by atoms with Crippen molar-refractivity contribution >= 4 is 28.5 Å². The summed E-state index contributed by atoms with van der Waals surface area (Å²) in [7, 11) is 1.85. The monoisotopic (exact) mass is 431 g/mol. The van der Waals surface area contributed by atoms with Crippen LogP contribution in [0.3, 0.4) is 0 Å². The number of piperidine rings is 1. The summed E-state index contributed by atoms with van der Waals surface area (Å²) in [5.74, 6) is 0.975. The van der Waals surface area contributed by atoms with E-state index in [-0.39, 0.29) is 23.4 Å². The van der Waals surface area contributed by atoms with Crippen LogP contribution in [0.1, 0.15) is 24.2 Å². The Bertz CT molecular complexity index is 1320. The number of anilines is 2. The summed E-state index contributed by atoms with van der Waals surface area (Å²) in [5, 5.41) is 17.7. The number of nitriles is 1. The molecular formula is C22H21N7O3. The Morgan fingerprint density at radius 2 is 2.16 bits per heavy atom. The molecule has 5 rings (SSSR count). The van der Waals surface area contributed by atoms with Gasteiger partial charge < -0.3 is 19.1 Å². The van der Waals surface area contributed by atoms with Gasteiger partial charge in [0, 0.05) is 31.4 Å². The average Bonchev–Trinajstić information content (AvgIpc) is 3.53. The summed E-state index contributed by atoms with van der Waals surface area (Å²) >= 11 is 0. The number of carbonyl (C=O) groups excluding carboxylic acids is 1. The first kappa shape index (κ1) is 19.8. The van der Waals surface area contributed by atoms with Crippen LogP contribution in [0.15, 0.2) is 39.5 Å². The zero-order valence-corrected chi connectivity index (χ0v) is 17.7. The van der Waals surface area contributed by atoms with Crippen LogP contribution in [0.4, 0.5) is 11.6 Å². The van der Waals surface area contributed by atoms with E-state index in [1.165, 1.54) is 6.26 Å². The normalized spacial score (nSPS) is 14.6. The largest absolute Gasteiger partial charge is 0.459 e. The van der Waals surface area contributed by atoms with Crippen molar-refractivity contribution in [2.75, 3.05) is 23.3 Å². The molecule has 0 radical (unpaired) electrons. The second kappa shape index (κ2) is 7.85. The van der Waals surface area contributed by atoms with Gasteiger partial charge in [0.05, 0.1) is 23.8 Å². The second-order valence-corrected chi connectivity index (χ2v) is 7.82. The van der Waals surface area contributed by atoms with Crippen LogP contribution in [0.5, 0.6) is 0 Å². The number of carbonyl (C=O) groups is 1. The van der Waals surface area contributed by atoms with Gasteiger partial charge in [0.25, 0.3) is 5.89 Å². The van der Waals surface area contributed by atoms with Crippen LogP contribution in [0.2, 0.25) is 0 Å². The molecule has 0 saturated carbocycles. The number of aryl methyl sites for hydroxylation is 2. The van der Waals surface area contributed by atoms with E-state index in [0.717, 1.165) is 16.7 Å². The molecular weight excluding hydrogens is 410 g/mol. The molecule has 1 aliphatic heterocycles. The molecule has 0 aliphatic carbocycles. The van der Waals surface area contributed by atoms with E-state index in [2.05, 4.69) is 26.5 Å². The minimum atomic E-state index is -0.144. The fourth-order valence-corrected chi connectivity index (χ4v) is 4.07. The maximum Gasteiger partial charge on any atom is 0.266 e. The SMILES string of the molecule is Cc1nn(C)c2ncc(NC(=O)C3CCN(c4oc(-c5ccco5)nc4C#N)CC3)cc12. The third-order valence-electron chi connectivity index (χ3n) is 5.73. The smallest absolute Gasteiger partial charge is 0.266 e. The van der Waals surface area contributed by atoms with Gasteiger partial charge in [-0.25, -0.2) is 4.98 Å². The molecule has 4 aromatic heterocycles. The molecule has 5 heterocycles. The number of fused-ring (bicyclic) bond motifs is 1. The van der Waals surface area contributed by atoms with Gasteiger partial charge in [-0.3, -0.25) is 9.48 Å². The first-order valence-corrected chi connectivity index (χ1v) is 10.3.